The van der Waals surface area contributed by atoms with Crippen molar-refractivity contribution in [3.05, 3.63) is 29.3 Å². The van der Waals surface area contributed by atoms with Crippen molar-refractivity contribution >= 4 is 29.3 Å². The first-order valence-electron chi connectivity index (χ1n) is 8.45. The number of nitrogens with two attached hydrogens (primary N) is 1. The molecular formula is C17H22ClN5OS. The Kier molecular flexibility index (Phi) is 5.86. The quantitative estimate of drug-likeness (QED) is 0.563. The minimum Gasteiger partial charge on any atom is -0.342 e. The lowest BCUT2D eigenvalue weighted by Crippen LogP contribution is -2.35. The van der Waals surface area contributed by atoms with Crippen LogP contribution in [0.3, 0.4) is 0 Å². The minimum atomic E-state index is 0.131. The third-order valence-electron chi connectivity index (χ3n) is 4.09. The van der Waals surface area contributed by atoms with E-state index in [0.717, 1.165) is 25.1 Å². The highest BCUT2D eigenvalue weighted by molar-refractivity contribution is 7.99. The predicted molar refractivity (Wildman–Crippen MR) is 101 cm³/mol. The normalized spacial score (nSPS) is 13.8. The number of nitrogen functional groups attached to an aromatic ring is 1. The van der Waals surface area contributed by atoms with Crippen LogP contribution in [-0.2, 0) is 4.79 Å². The van der Waals surface area contributed by atoms with Gasteiger partial charge < -0.3 is 10.7 Å². The highest BCUT2D eigenvalue weighted by Gasteiger charge is 2.26. The maximum absolute atomic E-state index is 12.5. The first kappa shape index (κ1) is 18.1. The molecule has 1 heterocycles. The molecule has 8 heteroatoms. The first-order valence-corrected chi connectivity index (χ1v) is 9.81. The topological polar surface area (TPSA) is 77.0 Å². The zero-order valence-corrected chi connectivity index (χ0v) is 15.8. The lowest BCUT2D eigenvalue weighted by Gasteiger charge is -2.21. The van der Waals surface area contributed by atoms with Crippen LogP contribution in [0.2, 0.25) is 5.02 Å². The Morgan fingerprint density at radius 3 is 2.92 bits per heavy atom. The predicted octanol–water partition coefficient (Wildman–Crippen LogP) is 3.05. The summed E-state index contributed by atoms with van der Waals surface area (Å²) in [5.41, 5.74) is 0.794. The average Bonchev–Trinajstić information content (AvgIpc) is 3.34. The lowest BCUT2D eigenvalue weighted by molar-refractivity contribution is -0.128. The molecule has 0 saturated heterocycles. The summed E-state index contributed by atoms with van der Waals surface area (Å²) in [6.07, 6.45) is 3.44. The number of carbonyl (C=O) groups excluding carboxylic acids is 1. The number of hydrogen-bond acceptors (Lipinski definition) is 5. The summed E-state index contributed by atoms with van der Waals surface area (Å²) in [5, 5.41) is 9.37. The van der Waals surface area contributed by atoms with Crippen LogP contribution in [-0.4, -0.2) is 44.5 Å². The van der Waals surface area contributed by atoms with Crippen molar-refractivity contribution in [1.29, 1.82) is 0 Å². The Hall–Kier alpha value is -1.73. The number of hydrogen-bond donors (Lipinski definition) is 1. The summed E-state index contributed by atoms with van der Waals surface area (Å²) in [5.74, 6) is 7.76. The van der Waals surface area contributed by atoms with Crippen molar-refractivity contribution in [3.63, 3.8) is 0 Å². The Balaban J connectivity index is 1.64. The number of benzene rings is 1. The molecule has 134 valence electrons. The summed E-state index contributed by atoms with van der Waals surface area (Å²) >= 11 is 7.33. The van der Waals surface area contributed by atoms with Crippen molar-refractivity contribution in [2.24, 2.45) is 5.92 Å². The van der Waals surface area contributed by atoms with E-state index in [2.05, 4.69) is 17.1 Å². The Bertz CT molecular complexity index is 746. The van der Waals surface area contributed by atoms with Gasteiger partial charge in [-0.05, 0) is 37.3 Å². The molecule has 6 nitrogen and oxygen atoms in total. The van der Waals surface area contributed by atoms with Gasteiger partial charge in [-0.25, -0.2) is 4.68 Å². The Morgan fingerprint density at radius 1 is 1.44 bits per heavy atom. The second kappa shape index (κ2) is 8.10. The zero-order chi connectivity index (χ0) is 17.8. The van der Waals surface area contributed by atoms with E-state index in [4.69, 9.17) is 17.4 Å². The SMILES string of the molecule is CCCN(CC1CC1)C(=O)CSc1nnc(-c2cccc(Cl)c2)n1N. The van der Waals surface area contributed by atoms with Crippen molar-refractivity contribution in [2.45, 2.75) is 31.3 Å². The van der Waals surface area contributed by atoms with Crippen LogP contribution in [0.15, 0.2) is 29.4 Å². The number of thioether (sulfide) groups is 1. The number of carbonyl (C=O) groups is 1. The molecule has 0 spiro atoms. The van der Waals surface area contributed by atoms with E-state index in [-0.39, 0.29) is 5.91 Å². The van der Waals surface area contributed by atoms with Crippen LogP contribution < -0.4 is 5.84 Å². The monoisotopic (exact) mass is 379 g/mol. The van der Waals surface area contributed by atoms with Crippen LogP contribution in [0.1, 0.15) is 26.2 Å². The number of rotatable bonds is 8. The van der Waals surface area contributed by atoms with Crippen molar-refractivity contribution in [3.8, 4) is 11.4 Å². The molecule has 1 saturated carbocycles. The zero-order valence-electron chi connectivity index (χ0n) is 14.2. The standard InChI is InChI=1S/C17H22ClN5OS/c1-2-8-22(10-12-6-7-12)15(24)11-25-17-21-20-16(23(17)19)13-4-3-5-14(18)9-13/h3-5,9,12H,2,6-8,10-11,19H2,1H3. The van der Waals surface area contributed by atoms with E-state index in [9.17, 15) is 4.79 Å². The fourth-order valence-electron chi connectivity index (χ4n) is 2.62. The maximum Gasteiger partial charge on any atom is 0.233 e. The molecule has 1 aromatic heterocycles. The highest BCUT2D eigenvalue weighted by Crippen LogP contribution is 2.30. The molecule has 0 radical (unpaired) electrons. The molecule has 0 unspecified atom stereocenters. The van der Waals surface area contributed by atoms with Gasteiger partial charge >= 0.3 is 0 Å². The van der Waals surface area contributed by atoms with Gasteiger partial charge in [0.15, 0.2) is 5.82 Å². The van der Waals surface area contributed by atoms with E-state index in [1.807, 2.05) is 17.0 Å². The molecule has 0 aliphatic heterocycles. The van der Waals surface area contributed by atoms with Crippen LogP contribution in [0.25, 0.3) is 11.4 Å². The summed E-state index contributed by atoms with van der Waals surface area (Å²) < 4.78 is 1.41. The van der Waals surface area contributed by atoms with E-state index in [1.54, 1.807) is 12.1 Å². The van der Waals surface area contributed by atoms with Crippen LogP contribution in [0, 0.1) is 5.92 Å². The maximum atomic E-state index is 12.5. The molecule has 1 amide bonds. The molecular weight excluding hydrogens is 358 g/mol. The molecule has 1 aromatic carbocycles. The van der Waals surface area contributed by atoms with Gasteiger partial charge in [-0.15, -0.1) is 10.2 Å². The third kappa shape index (κ3) is 4.67. The summed E-state index contributed by atoms with van der Waals surface area (Å²) in [7, 11) is 0. The van der Waals surface area contributed by atoms with Gasteiger partial charge in [0.25, 0.3) is 0 Å². The molecule has 1 aliphatic carbocycles. The number of amides is 1. The highest BCUT2D eigenvalue weighted by atomic mass is 35.5. The van der Waals surface area contributed by atoms with Crippen LogP contribution in [0.5, 0.6) is 0 Å². The van der Waals surface area contributed by atoms with Gasteiger partial charge in [0.05, 0.1) is 5.75 Å². The second-order valence-electron chi connectivity index (χ2n) is 6.26. The van der Waals surface area contributed by atoms with E-state index >= 15 is 0 Å². The molecule has 2 N–H and O–H groups in total. The van der Waals surface area contributed by atoms with E-state index < -0.39 is 0 Å². The van der Waals surface area contributed by atoms with Crippen molar-refractivity contribution < 1.29 is 4.79 Å². The van der Waals surface area contributed by atoms with E-state index in [0.29, 0.717) is 27.7 Å². The smallest absolute Gasteiger partial charge is 0.233 e. The third-order valence-corrected chi connectivity index (χ3v) is 5.26. The second-order valence-corrected chi connectivity index (χ2v) is 7.64. The van der Waals surface area contributed by atoms with Gasteiger partial charge in [0, 0.05) is 23.7 Å². The fraction of sp³-hybridized carbons (Fsp3) is 0.471. The van der Waals surface area contributed by atoms with Crippen molar-refractivity contribution in [1.82, 2.24) is 19.8 Å². The van der Waals surface area contributed by atoms with Gasteiger partial charge in [-0.3, -0.25) is 4.79 Å². The number of aromatic nitrogens is 3. The van der Waals surface area contributed by atoms with Crippen LogP contribution >= 0.6 is 23.4 Å². The molecule has 2 aromatic rings. The largest absolute Gasteiger partial charge is 0.342 e. The molecule has 0 bridgehead atoms. The van der Waals surface area contributed by atoms with Gasteiger partial charge in [0.2, 0.25) is 11.1 Å². The summed E-state index contributed by atoms with van der Waals surface area (Å²) in [6.45, 7) is 3.77. The molecule has 1 fully saturated rings. The minimum absolute atomic E-state index is 0.131. The van der Waals surface area contributed by atoms with E-state index in [1.165, 1.54) is 29.3 Å². The molecule has 1 aliphatic rings. The molecule has 0 atom stereocenters. The fourth-order valence-corrected chi connectivity index (χ4v) is 3.57. The summed E-state index contributed by atoms with van der Waals surface area (Å²) in [6, 6.07) is 7.28. The molecule has 25 heavy (non-hydrogen) atoms. The van der Waals surface area contributed by atoms with Crippen molar-refractivity contribution in [2.75, 3.05) is 24.7 Å². The lowest BCUT2D eigenvalue weighted by atomic mass is 10.2. The number of halogens is 1. The molecule has 3 rings (SSSR count). The Labute approximate surface area is 156 Å². The number of nitrogens with zero attached hydrogens (tertiary/aromatic N) is 4. The van der Waals surface area contributed by atoms with Gasteiger partial charge in [0.1, 0.15) is 0 Å². The van der Waals surface area contributed by atoms with Gasteiger partial charge in [-0.2, -0.15) is 0 Å². The Morgan fingerprint density at radius 2 is 2.24 bits per heavy atom. The average molecular weight is 380 g/mol. The summed E-state index contributed by atoms with van der Waals surface area (Å²) in [4.78, 5) is 14.4. The first-order chi connectivity index (χ1) is 12.1. The van der Waals surface area contributed by atoms with Gasteiger partial charge in [-0.1, -0.05) is 42.4 Å². The van der Waals surface area contributed by atoms with Crippen LogP contribution in [0.4, 0.5) is 0 Å².